The lowest BCUT2D eigenvalue weighted by molar-refractivity contribution is 0.579. The van der Waals surface area contributed by atoms with Gasteiger partial charge >= 0.3 is 0 Å². The highest BCUT2D eigenvalue weighted by Crippen LogP contribution is 2.66. The van der Waals surface area contributed by atoms with Crippen molar-refractivity contribution in [2.45, 2.75) is 27.9 Å². The van der Waals surface area contributed by atoms with Crippen LogP contribution in [0.25, 0.3) is 28.3 Å². The molecule has 0 aromatic heterocycles. The number of benzene rings is 8. The van der Waals surface area contributed by atoms with Gasteiger partial charge in [-0.05, 0) is 97.6 Å². The van der Waals surface area contributed by atoms with E-state index in [-0.39, 0.29) is 5.41 Å². The second-order valence-electron chi connectivity index (χ2n) is 15.4. The van der Waals surface area contributed by atoms with Crippen molar-refractivity contribution in [3.8, 4) is 22.3 Å². The Bertz CT molecular complexity index is 2740. The molecular formula is C54H39NS. The van der Waals surface area contributed by atoms with E-state index in [0.717, 1.165) is 17.1 Å². The number of anilines is 3. The molecule has 0 N–H and O–H groups in total. The molecule has 1 nitrogen and oxygen atoms in total. The molecule has 2 atom stereocenters. The molecule has 56 heavy (non-hydrogen) atoms. The summed E-state index contributed by atoms with van der Waals surface area (Å²) in [6.07, 6.45) is 4.81. The van der Waals surface area contributed by atoms with Crippen molar-refractivity contribution in [2.75, 3.05) is 4.90 Å². The molecule has 3 aliphatic rings. The predicted molar refractivity (Wildman–Crippen MR) is 235 cm³/mol. The molecular weight excluding hydrogens is 695 g/mol. The van der Waals surface area contributed by atoms with Crippen molar-refractivity contribution in [2.24, 2.45) is 0 Å². The Morgan fingerprint density at radius 3 is 1.66 bits per heavy atom. The summed E-state index contributed by atoms with van der Waals surface area (Å²) in [5.74, 6) is 0. The van der Waals surface area contributed by atoms with Gasteiger partial charge in [0.25, 0.3) is 0 Å². The zero-order valence-electron chi connectivity index (χ0n) is 31.1. The van der Waals surface area contributed by atoms with Gasteiger partial charge in [-0.15, -0.1) is 11.8 Å². The van der Waals surface area contributed by atoms with Crippen LogP contribution in [0.15, 0.2) is 211 Å². The predicted octanol–water partition coefficient (Wildman–Crippen LogP) is 14.3. The maximum Gasteiger partial charge on any atom is 0.0724 e. The van der Waals surface area contributed by atoms with E-state index >= 15 is 0 Å². The van der Waals surface area contributed by atoms with Gasteiger partial charge in [-0.1, -0.05) is 183 Å². The van der Waals surface area contributed by atoms with E-state index in [0.29, 0.717) is 5.25 Å². The third kappa shape index (κ3) is 4.82. The van der Waals surface area contributed by atoms with Gasteiger partial charge in [-0.2, -0.15) is 0 Å². The minimum Gasteiger partial charge on any atom is -0.311 e. The minimum absolute atomic E-state index is 0.112. The van der Waals surface area contributed by atoms with Gasteiger partial charge in [0, 0.05) is 32.6 Å². The molecule has 0 spiro atoms. The fourth-order valence-electron chi connectivity index (χ4n) is 9.80. The Labute approximate surface area is 333 Å². The molecule has 2 aliphatic carbocycles. The number of para-hydroxylation sites is 1. The van der Waals surface area contributed by atoms with Crippen LogP contribution < -0.4 is 4.90 Å². The molecule has 0 fully saturated rings. The van der Waals surface area contributed by atoms with E-state index < -0.39 is 5.41 Å². The van der Waals surface area contributed by atoms with Crippen molar-refractivity contribution in [1.29, 1.82) is 0 Å². The Kier molecular flexibility index (Phi) is 7.59. The molecule has 8 aromatic carbocycles. The van der Waals surface area contributed by atoms with Gasteiger partial charge in [0.05, 0.1) is 5.41 Å². The number of fused-ring (bicyclic) bond motifs is 8. The molecule has 0 radical (unpaired) electrons. The van der Waals surface area contributed by atoms with Crippen LogP contribution in [0.4, 0.5) is 17.1 Å². The molecule has 1 heterocycles. The normalized spacial score (nSPS) is 18.0. The quantitative estimate of drug-likeness (QED) is 0.167. The van der Waals surface area contributed by atoms with E-state index in [1.807, 2.05) is 0 Å². The summed E-state index contributed by atoms with van der Waals surface area (Å²) >= 11 is 2.06. The molecule has 8 aromatic rings. The third-order valence-electron chi connectivity index (χ3n) is 12.4. The average Bonchev–Trinajstić information content (AvgIpc) is 3.75. The lowest BCUT2D eigenvalue weighted by atomic mass is 9.66. The Morgan fingerprint density at radius 2 is 0.964 bits per heavy atom. The second-order valence-corrected chi connectivity index (χ2v) is 16.5. The largest absolute Gasteiger partial charge is 0.311 e. The Hall–Kier alpha value is -6.35. The van der Waals surface area contributed by atoms with Gasteiger partial charge < -0.3 is 4.90 Å². The van der Waals surface area contributed by atoms with Gasteiger partial charge in [0.15, 0.2) is 0 Å². The number of hydrogen-bond acceptors (Lipinski definition) is 2. The van der Waals surface area contributed by atoms with Crippen LogP contribution in [0, 0.1) is 0 Å². The van der Waals surface area contributed by atoms with Gasteiger partial charge in [0.1, 0.15) is 0 Å². The van der Waals surface area contributed by atoms with Crippen LogP contribution in [-0.4, -0.2) is 0 Å². The van der Waals surface area contributed by atoms with Crippen LogP contribution in [-0.2, 0) is 10.8 Å². The van der Waals surface area contributed by atoms with Crippen LogP contribution in [0.2, 0.25) is 0 Å². The minimum atomic E-state index is -0.508. The first kappa shape index (κ1) is 33.0. The summed E-state index contributed by atoms with van der Waals surface area (Å²) in [6.45, 7) is 2.44. The van der Waals surface area contributed by atoms with Crippen molar-refractivity contribution in [3.63, 3.8) is 0 Å². The number of nitrogens with zero attached hydrogens (tertiary/aromatic N) is 1. The smallest absolute Gasteiger partial charge is 0.0724 e. The second kappa shape index (κ2) is 12.9. The van der Waals surface area contributed by atoms with Crippen molar-refractivity contribution >= 4 is 34.9 Å². The number of allylic oxidation sites excluding steroid dienone is 1. The van der Waals surface area contributed by atoms with Crippen molar-refractivity contribution in [1.82, 2.24) is 0 Å². The average molecular weight is 734 g/mol. The molecule has 2 heteroatoms. The molecule has 266 valence electrons. The summed E-state index contributed by atoms with van der Waals surface area (Å²) in [6, 6.07) is 74.0. The highest BCUT2D eigenvalue weighted by molar-refractivity contribution is 8.00. The zero-order chi connectivity index (χ0) is 37.3. The first-order chi connectivity index (χ1) is 27.6. The molecule has 2 unspecified atom stereocenters. The highest BCUT2D eigenvalue weighted by Gasteiger charge is 2.52. The van der Waals surface area contributed by atoms with E-state index in [4.69, 9.17) is 0 Å². The molecule has 0 saturated carbocycles. The molecule has 11 rings (SSSR count). The molecule has 0 amide bonds. The number of rotatable bonds is 6. The lowest BCUT2D eigenvalue weighted by Crippen LogP contribution is -2.30. The number of hydrogen-bond donors (Lipinski definition) is 0. The molecule has 0 saturated heterocycles. The maximum atomic E-state index is 2.46. The van der Waals surface area contributed by atoms with E-state index in [1.165, 1.54) is 66.1 Å². The summed E-state index contributed by atoms with van der Waals surface area (Å²) in [7, 11) is 0. The van der Waals surface area contributed by atoms with Crippen LogP contribution in [0.5, 0.6) is 0 Å². The first-order valence-electron chi connectivity index (χ1n) is 19.5. The monoisotopic (exact) mass is 733 g/mol. The number of thioether (sulfide) groups is 1. The topological polar surface area (TPSA) is 3.24 Å². The SMILES string of the molecule is CC12C=Cc3ccccc3C1Sc1c(C3(c4ccc(N(c5ccccc5)c5ccc(-c6ccccc6)cc5)cc4)c4ccccc4-c4ccccc43)cccc12. The van der Waals surface area contributed by atoms with Crippen molar-refractivity contribution < 1.29 is 0 Å². The van der Waals surface area contributed by atoms with Gasteiger partial charge in [0.2, 0.25) is 0 Å². The fraction of sp³-hybridized carbons (Fsp3) is 0.0741. The van der Waals surface area contributed by atoms with Crippen molar-refractivity contribution in [3.05, 3.63) is 245 Å². The lowest BCUT2D eigenvalue weighted by Gasteiger charge is -2.36. The third-order valence-corrected chi connectivity index (χ3v) is 14.1. The highest BCUT2D eigenvalue weighted by atomic mass is 32.2. The Balaban J connectivity index is 1.10. The molecule has 1 aliphatic heterocycles. The van der Waals surface area contributed by atoms with Gasteiger partial charge in [-0.3, -0.25) is 0 Å². The van der Waals surface area contributed by atoms with Crippen LogP contribution in [0.1, 0.15) is 51.1 Å². The summed E-state index contributed by atoms with van der Waals surface area (Å²) < 4.78 is 0. The fourth-order valence-corrected chi connectivity index (χ4v) is 11.6. The summed E-state index contributed by atoms with van der Waals surface area (Å²) in [5, 5.41) is 0.305. The maximum absolute atomic E-state index is 2.46. The molecule has 0 bridgehead atoms. The Morgan fingerprint density at radius 1 is 0.446 bits per heavy atom. The summed E-state index contributed by atoms with van der Waals surface area (Å²) in [5.41, 5.74) is 17.3. The van der Waals surface area contributed by atoms with E-state index in [2.05, 4.69) is 236 Å². The van der Waals surface area contributed by atoms with E-state index in [9.17, 15) is 0 Å². The zero-order valence-corrected chi connectivity index (χ0v) is 32.0. The standard InChI is InChI=1S/C54H39NS/c1-53-36-35-39-17-8-9-20-44(39)52(53)56-51-49(53)25-14-26-50(51)54(47-23-12-10-21-45(47)46-22-11-13-24-48(46)54)40-29-33-43(34-30-40)55(41-18-6-3-7-19-41)42-31-27-38(28-32-42)37-15-4-2-5-16-37/h2-36,52H,1H3. The van der Waals surface area contributed by atoms with E-state index in [1.54, 1.807) is 0 Å². The van der Waals surface area contributed by atoms with Gasteiger partial charge in [-0.25, -0.2) is 0 Å². The van der Waals surface area contributed by atoms with Crippen LogP contribution >= 0.6 is 11.8 Å². The van der Waals surface area contributed by atoms with Crippen LogP contribution in [0.3, 0.4) is 0 Å². The first-order valence-corrected chi connectivity index (χ1v) is 20.4. The summed E-state index contributed by atoms with van der Waals surface area (Å²) in [4.78, 5) is 3.77.